The van der Waals surface area contributed by atoms with Crippen LogP contribution in [0.25, 0.3) is 0 Å². The van der Waals surface area contributed by atoms with E-state index in [9.17, 15) is 9.90 Å². The molecule has 1 aromatic heterocycles. The average Bonchev–Trinajstić information content (AvgIpc) is 2.33. The van der Waals surface area contributed by atoms with Crippen molar-refractivity contribution in [3.63, 3.8) is 0 Å². The van der Waals surface area contributed by atoms with E-state index in [1.165, 1.54) is 10.9 Å². The summed E-state index contributed by atoms with van der Waals surface area (Å²) in [7, 11) is 0. The van der Waals surface area contributed by atoms with Crippen molar-refractivity contribution in [1.82, 2.24) is 9.55 Å². The summed E-state index contributed by atoms with van der Waals surface area (Å²) in [6, 6.07) is 7.15. The molecule has 0 atom stereocenters. The van der Waals surface area contributed by atoms with Crippen molar-refractivity contribution < 1.29 is 5.11 Å². The van der Waals surface area contributed by atoms with Gasteiger partial charge in [-0.05, 0) is 40.3 Å². The first-order valence-corrected chi connectivity index (χ1v) is 6.22. The van der Waals surface area contributed by atoms with E-state index >= 15 is 0 Å². The van der Waals surface area contributed by atoms with Crippen LogP contribution in [0.15, 0.2) is 35.4 Å². The summed E-state index contributed by atoms with van der Waals surface area (Å²) >= 11 is 7.58. The Hall–Kier alpha value is -1.08. The number of benzene rings is 1. The Bertz CT molecular complexity index is 595. The van der Waals surface area contributed by atoms with Gasteiger partial charge >= 0.3 is 0 Å². The van der Waals surface area contributed by atoms with Crippen LogP contribution in [-0.4, -0.2) is 14.7 Å². The van der Waals surface area contributed by atoms with E-state index in [-0.39, 0.29) is 5.75 Å². The highest BCUT2D eigenvalue weighted by molar-refractivity contribution is 14.1. The molecule has 1 N–H and O–H groups in total. The Kier molecular flexibility index (Phi) is 3.68. The Balaban J connectivity index is 2.34. The first-order valence-electron chi connectivity index (χ1n) is 4.76. The fourth-order valence-corrected chi connectivity index (χ4v) is 1.84. The van der Waals surface area contributed by atoms with E-state index in [2.05, 4.69) is 4.98 Å². The van der Waals surface area contributed by atoms with Crippen LogP contribution in [0.5, 0.6) is 5.75 Å². The Labute approximate surface area is 116 Å². The molecule has 2 rings (SSSR count). The van der Waals surface area contributed by atoms with E-state index in [1.54, 1.807) is 12.1 Å². The molecular formula is C11H8ClIN2O2. The minimum Gasteiger partial charge on any atom is -0.501 e. The second-order valence-electron chi connectivity index (χ2n) is 3.44. The number of rotatable bonds is 2. The van der Waals surface area contributed by atoms with Crippen molar-refractivity contribution >= 4 is 34.2 Å². The van der Waals surface area contributed by atoms with Gasteiger partial charge in [-0.2, -0.15) is 0 Å². The molecule has 0 saturated carbocycles. The summed E-state index contributed by atoms with van der Waals surface area (Å²) in [6.07, 6.45) is 1.42. The largest absolute Gasteiger partial charge is 0.501 e. The minimum atomic E-state index is -0.445. The van der Waals surface area contributed by atoms with Crippen molar-refractivity contribution in [3.05, 3.63) is 55.2 Å². The molecule has 0 saturated heterocycles. The number of halogens is 2. The molecule has 1 aromatic carbocycles. The zero-order chi connectivity index (χ0) is 12.4. The maximum Gasteiger partial charge on any atom is 0.296 e. The van der Waals surface area contributed by atoms with Crippen molar-refractivity contribution in [2.75, 3.05) is 0 Å². The van der Waals surface area contributed by atoms with E-state index < -0.39 is 5.56 Å². The van der Waals surface area contributed by atoms with Gasteiger partial charge in [-0.1, -0.05) is 23.7 Å². The summed E-state index contributed by atoms with van der Waals surface area (Å²) < 4.78 is 1.65. The molecule has 17 heavy (non-hydrogen) atoms. The molecule has 0 unspecified atom stereocenters. The highest BCUT2D eigenvalue weighted by Crippen LogP contribution is 2.12. The lowest BCUT2D eigenvalue weighted by Gasteiger charge is -2.06. The number of hydrogen-bond donors (Lipinski definition) is 1. The van der Waals surface area contributed by atoms with Crippen LogP contribution in [0.3, 0.4) is 0 Å². The summed E-state index contributed by atoms with van der Waals surface area (Å²) in [5.74, 6) is -0.318. The predicted molar refractivity (Wildman–Crippen MR) is 73.4 cm³/mol. The topological polar surface area (TPSA) is 55.1 Å². The van der Waals surface area contributed by atoms with E-state index in [0.717, 1.165) is 5.56 Å². The quantitative estimate of drug-likeness (QED) is 0.658. The molecule has 0 radical (unpaired) electrons. The SMILES string of the molecule is O=c1c(O)c(I)ncn1Cc1ccc(Cl)cc1. The maximum absolute atomic E-state index is 11.7. The zero-order valence-electron chi connectivity index (χ0n) is 8.60. The molecule has 6 heteroatoms. The molecule has 1 heterocycles. The first kappa shape index (κ1) is 12.4. The number of nitrogens with zero attached hydrogens (tertiary/aromatic N) is 2. The normalized spacial score (nSPS) is 10.5. The molecule has 0 aliphatic heterocycles. The van der Waals surface area contributed by atoms with Gasteiger partial charge in [-0.25, -0.2) is 4.98 Å². The van der Waals surface area contributed by atoms with Gasteiger partial charge in [0.15, 0.2) is 0 Å². The van der Waals surface area contributed by atoms with Crippen LogP contribution in [0.1, 0.15) is 5.56 Å². The van der Waals surface area contributed by atoms with Crippen LogP contribution >= 0.6 is 34.2 Å². The second-order valence-corrected chi connectivity index (χ2v) is 4.90. The Morgan fingerprint density at radius 3 is 2.65 bits per heavy atom. The van der Waals surface area contributed by atoms with Gasteiger partial charge in [0.1, 0.15) is 3.70 Å². The molecule has 0 bridgehead atoms. The Morgan fingerprint density at radius 2 is 2.00 bits per heavy atom. The van der Waals surface area contributed by atoms with Gasteiger partial charge in [-0.3, -0.25) is 9.36 Å². The van der Waals surface area contributed by atoms with Gasteiger partial charge in [0.05, 0.1) is 12.9 Å². The molecule has 0 aliphatic carbocycles. The van der Waals surface area contributed by atoms with Crippen molar-refractivity contribution in [3.8, 4) is 5.75 Å². The number of aromatic hydroxyl groups is 1. The lowest BCUT2D eigenvalue weighted by molar-refractivity contribution is 0.449. The molecular weight excluding hydrogens is 354 g/mol. The van der Waals surface area contributed by atoms with Crippen LogP contribution in [0.4, 0.5) is 0 Å². The van der Waals surface area contributed by atoms with Gasteiger partial charge in [-0.15, -0.1) is 0 Å². The smallest absolute Gasteiger partial charge is 0.296 e. The summed E-state index contributed by atoms with van der Waals surface area (Å²) in [5.41, 5.74) is 0.471. The van der Waals surface area contributed by atoms with Crippen molar-refractivity contribution in [1.29, 1.82) is 0 Å². The molecule has 2 aromatic rings. The molecule has 0 aliphatic rings. The number of hydrogen-bond acceptors (Lipinski definition) is 3. The van der Waals surface area contributed by atoms with Gasteiger partial charge in [0.25, 0.3) is 5.56 Å². The third-order valence-corrected chi connectivity index (χ3v) is 3.28. The molecule has 0 spiro atoms. The molecule has 4 nitrogen and oxygen atoms in total. The molecule has 0 amide bonds. The highest BCUT2D eigenvalue weighted by atomic mass is 127. The molecule has 0 fully saturated rings. The van der Waals surface area contributed by atoms with E-state index in [1.807, 2.05) is 34.7 Å². The monoisotopic (exact) mass is 362 g/mol. The lowest BCUT2D eigenvalue weighted by Crippen LogP contribution is -2.21. The zero-order valence-corrected chi connectivity index (χ0v) is 11.5. The Morgan fingerprint density at radius 1 is 1.35 bits per heavy atom. The van der Waals surface area contributed by atoms with Crippen LogP contribution < -0.4 is 5.56 Å². The summed E-state index contributed by atoms with van der Waals surface area (Å²) in [4.78, 5) is 15.6. The summed E-state index contributed by atoms with van der Waals surface area (Å²) in [6.45, 7) is 0.355. The van der Waals surface area contributed by atoms with Crippen LogP contribution in [0, 0.1) is 3.70 Å². The van der Waals surface area contributed by atoms with Gasteiger partial charge in [0.2, 0.25) is 5.75 Å². The van der Waals surface area contributed by atoms with E-state index in [0.29, 0.717) is 15.3 Å². The van der Waals surface area contributed by atoms with Crippen LogP contribution in [-0.2, 0) is 6.54 Å². The fourth-order valence-electron chi connectivity index (χ4n) is 1.36. The van der Waals surface area contributed by atoms with Crippen LogP contribution in [0.2, 0.25) is 5.02 Å². The fraction of sp³-hybridized carbons (Fsp3) is 0.0909. The highest BCUT2D eigenvalue weighted by Gasteiger charge is 2.07. The summed E-state index contributed by atoms with van der Waals surface area (Å²) in [5, 5.41) is 10.1. The molecule has 88 valence electrons. The minimum absolute atomic E-state index is 0.306. The van der Waals surface area contributed by atoms with Gasteiger partial charge < -0.3 is 5.11 Å². The van der Waals surface area contributed by atoms with Crippen molar-refractivity contribution in [2.24, 2.45) is 0 Å². The maximum atomic E-state index is 11.7. The first-order chi connectivity index (χ1) is 8.08. The predicted octanol–water partition coefficient (Wildman–Crippen LogP) is 2.26. The van der Waals surface area contributed by atoms with Gasteiger partial charge in [0, 0.05) is 5.02 Å². The lowest BCUT2D eigenvalue weighted by atomic mass is 10.2. The third kappa shape index (κ3) is 2.78. The average molecular weight is 363 g/mol. The second kappa shape index (κ2) is 5.05. The van der Waals surface area contributed by atoms with E-state index in [4.69, 9.17) is 11.6 Å². The number of aromatic nitrogens is 2. The standard InChI is InChI=1S/C11H8ClIN2O2/c12-8-3-1-7(2-4-8)5-15-6-14-10(13)9(16)11(15)17/h1-4,6,16H,5H2. The van der Waals surface area contributed by atoms with Crippen molar-refractivity contribution in [2.45, 2.75) is 6.54 Å². The third-order valence-electron chi connectivity index (χ3n) is 2.24.